The maximum absolute atomic E-state index is 12.3. The number of ether oxygens (including phenoxy) is 1. The van der Waals surface area contributed by atoms with Crippen LogP contribution in [0.4, 0.5) is 5.88 Å². The summed E-state index contributed by atoms with van der Waals surface area (Å²) in [5, 5.41) is 20.1. The third-order valence-electron chi connectivity index (χ3n) is 3.43. The molecule has 0 fully saturated rings. The molecule has 0 spiro atoms. The Labute approximate surface area is 128 Å². The first-order valence-electron chi connectivity index (χ1n) is 6.48. The molecule has 9 heteroatoms. The summed E-state index contributed by atoms with van der Waals surface area (Å²) >= 11 is 0. The van der Waals surface area contributed by atoms with Gasteiger partial charge in [0.1, 0.15) is 28.1 Å². The summed E-state index contributed by atoms with van der Waals surface area (Å²) in [6, 6.07) is 5.91. The molecule has 23 heavy (non-hydrogen) atoms. The van der Waals surface area contributed by atoms with Crippen LogP contribution in [0, 0.1) is 28.4 Å². The zero-order chi connectivity index (χ0) is 16.7. The van der Waals surface area contributed by atoms with Crippen molar-refractivity contribution in [3.05, 3.63) is 67.1 Å². The fourth-order valence-corrected chi connectivity index (χ4v) is 2.49. The fourth-order valence-electron chi connectivity index (χ4n) is 2.49. The maximum Gasteiger partial charge on any atom is 0.433 e. The molecule has 1 aliphatic rings. The van der Waals surface area contributed by atoms with Crippen molar-refractivity contribution in [3.63, 3.8) is 0 Å². The van der Waals surface area contributed by atoms with Crippen LogP contribution < -0.4 is 16.0 Å². The van der Waals surface area contributed by atoms with Gasteiger partial charge in [0.2, 0.25) is 5.88 Å². The number of pyridine rings is 1. The van der Waals surface area contributed by atoms with E-state index in [2.05, 4.69) is 4.98 Å². The summed E-state index contributed by atoms with van der Waals surface area (Å²) in [7, 11) is 0. The Morgan fingerprint density at radius 2 is 2.22 bits per heavy atom. The Balaban J connectivity index is 2.27. The van der Waals surface area contributed by atoms with Gasteiger partial charge in [0.15, 0.2) is 0 Å². The topological polar surface area (TPSA) is 148 Å². The second-order valence-electron chi connectivity index (χ2n) is 4.92. The van der Waals surface area contributed by atoms with Crippen LogP contribution in [-0.2, 0) is 0 Å². The minimum Gasteiger partial charge on any atom is -0.440 e. The lowest BCUT2D eigenvalue weighted by Crippen LogP contribution is -2.27. The number of fused-ring (bicyclic) bond motifs is 1. The van der Waals surface area contributed by atoms with E-state index in [4.69, 9.17) is 14.9 Å². The molecular weight excluding hydrogens is 304 g/mol. The number of furan rings is 1. The highest BCUT2D eigenvalue weighted by molar-refractivity contribution is 5.53. The number of nitrogens with zero attached hydrogens (tertiary/aromatic N) is 2. The molecule has 1 atom stereocenters. The SMILES string of the molecule is Cc1cc2c(c(=O)[nH]1)C(c1ccc([N+](=O)[O-])o1)C(C#N)=C(N)O2. The van der Waals surface area contributed by atoms with Gasteiger partial charge in [0, 0.05) is 11.8 Å². The molecule has 9 nitrogen and oxygen atoms in total. The summed E-state index contributed by atoms with van der Waals surface area (Å²) < 4.78 is 10.5. The van der Waals surface area contributed by atoms with E-state index in [0.29, 0.717) is 5.69 Å². The molecule has 1 unspecified atom stereocenters. The van der Waals surface area contributed by atoms with Crippen molar-refractivity contribution in [2.45, 2.75) is 12.8 Å². The average Bonchev–Trinajstić information content (AvgIpc) is 2.95. The zero-order valence-electron chi connectivity index (χ0n) is 11.8. The molecule has 3 heterocycles. The number of aromatic amines is 1. The number of nitrogens with one attached hydrogen (secondary N) is 1. The average molecular weight is 314 g/mol. The number of allylic oxidation sites excluding steroid dienone is 1. The number of nitro groups is 1. The number of hydrogen-bond donors (Lipinski definition) is 2. The number of rotatable bonds is 2. The number of nitrogens with two attached hydrogens (primary N) is 1. The van der Waals surface area contributed by atoms with Gasteiger partial charge in [-0.25, -0.2) is 0 Å². The molecule has 1 aliphatic heterocycles. The van der Waals surface area contributed by atoms with E-state index in [1.807, 2.05) is 6.07 Å². The summed E-state index contributed by atoms with van der Waals surface area (Å²) in [6.07, 6.45) is 0. The van der Waals surface area contributed by atoms with Crippen LogP contribution in [0.2, 0.25) is 0 Å². The number of H-pyrrole nitrogens is 1. The number of aromatic nitrogens is 1. The van der Waals surface area contributed by atoms with Gasteiger partial charge in [-0.2, -0.15) is 5.26 Å². The third-order valence-corrected chi connectivity index (χ3v) is 3.43. The summed E-state index contributed by atoms with van der Waals surface area (Å²) in [4.78, 5) is 25.0. The van der Waals surface area contributed by atoms with E-state index in [1.54, 1.807) is 13.0 Å². The zero-order valence-corrected chi connectivity index (χ0v) is 11.8. The molecule has 0 radical (unpaired) electrons. The quantitative estimate of drug-likeness (QED) is 0.628. The lowest BCUT2D eigenvalue weighted by Gasteiger charge is -2.23. The smallest absolute Gasteiger partial charge is 0.433 e. The molecule has 2 aromatic heterocycles. The van der Waals surface area contributed by atoms with Crippen LogP contribution in [0.1, 0.15) is 22.9 Å². The number of hydrogen-bond acceptors (Lipinski definition) is 7. The van der Waals surface area contributed by atoms with Gasteiger partial charge in [-0.1, -0.05) is 0 Å². The van der Waals surface area contributed by atoms with Crippen molar-refractivity contribution in [2.24, 2.45) is 5.73 Å². The molecule has 116 valence electrons. The Kier molecular flexibility index (Phi) is 3.15. The van der Waals surface area contributed by atoms with E-state index < -0.39 is 22.3 Å². The molecule has 2 aromatic rings. The standard InChI is InChI=1S/C14H10N4O5/c1-6-4-9-12(14(19)17-6)11(7(5-15)13(16)23-9)8-2-3-10(22-8)18(20)21/h2-4,11H,16H2,1H3,(H,17,19). The van der Waals surface area contributed by atoms with Crippen LogP contribution in [-0.4, -0.2) is 9.91 Å². The molecule has 0 aromatic carbocycles. The molecular formula is C14H10N4O5. The fraction of sp³-hybridized carbons (Fsp3) is 0.143. The first kappa shape index (κ1) is 14.4. The largest absolute Gasteiger partial charge is 0.440 e. The van der Waals surface area contributed by atoms with Gasteiger partial charge in [-0.3, -0.25) is 14.9 Å². The Hall–Kier alpha value is -3.54. The first-order chi connectivity index (χ1) is 10.9. The first-order valence-corrected chi connectivity index (χ1v) is 6.48. The molecule has 0 amide bonds. The normalized spacial score (nSPS) is 16.4. The van der Waals surface area contributed by atoms with Crippen molar-refractivity contribution >= 4 is 5.88 Å². The van der Waals surface area contributed by atoms with Crippen LogP contribution in [0.5, 0.6) is 5.75 Å². The van der Waals surface area contributed by atoms with Gasteiger partial charge >= 0.3 is 5.88 Å². The van der Waals surface area contributed by atoms with Gasteiger partial charge in [0.25, 0.3) is 5.56 Å². The summed E-state index contributed by atoms with van der Waals surface area (Å²) in [6.45, 7) is 1.66. The Morgan fingerprint density at radius 1 is 1.48 bits per heavy atom. The molecule has 3 N–H and O–H groups in total. The minimum absolute atomic E-state index is 0.0453. The summed E-state index contributed by atoms with van der Waals surface area (Å²) in [5.41, 5.74) is 5.88. The second-order valence-corrected chi connectivity index (χ2v) is 4.92. The van der Waals surface area contributed by atoms with Crippen molar-refractivity contribution in [3.8, 4) is 11.8 Å². The van der Waals surface area contributed by atoms with Crippen LogP contribution in [0.15, 0.2) is 38.9 Å². The van der Waals surface area contributed by atoms with E-state index in [-0.39, 0.29) is 28.5 Å². The Bertz CT molecular complexity index is 947. The van der Waals surface area contributed by atoms with E-state index >= 15 is 0 Å². The Morgan fingerprint density at radius 3 is 2.83 bits per heavy atom. The lowest BCUT2D eigenvalue weighted by molar-refractivity contribution is -0.402. The van der Waals surface area contributed by atoms with Gasteiger partial charge in [0.05, 0.1) is 17.5 Å². The monoisotopic (exact) mass is 314 g/mol. The lowest BCUT2D eigenvalue weighted by atomic mass is 9.88. The number of nitriles is 1. The highest BCUT2D eigenvalue weighted by Gasteiger charge is 2.36. The molecule has 0 aliphatic carbocycles. The van der Waals surface area contributed by atoms with Crippen LogP contribution >= 0.6 is 0 Å². The number of aryl methyl sites for hydroxylation is 1. The third kappa shape index (κ3) is 2.22. The summed E-state index contributed by atoms with van der Waals surface area (Å²) in [5.74, 6) is -1.38. The highest BCUT2D eigenvalue weighted by Crippen LogP contribution is 2.41. The highest BCUT2D eigenvalue weighted by atomic mass is 16.6. The van der Waals surface area contributed by atoms with Gasteiger partial charge in [-0.15, -0.1) is 0 Å². The molecule has 0 saturated heterocycles. The second kappa shape index (κ2) is 5.03. The minimum atomic E-state index is -0.971. The van der Waals surface area contributed by atoms with Gasteiger partial charge < -0.3 is 19.9 Å². The predicted molar refractivity (Wildman–Crippen MR) is 76.5 cm³/mol. The van der Waals surface area contributed by atoms with Crippen molar-refractivity contribution < 1.29 is 14.1 Å². The van der Waals surface area contributed by atoms with E-state index in [1.165, 1.54) is 6.07 Å². The van der Waals surface area contributed by atoms with Gasteiger partial charge in [-0.05, 0) is 13.0 Å². The van der Waals surface area contributed by atoms with E-state index in [9.17, 15) is 20.2 Å². The van der Waals surface area contributed by atoms with Crippen LogP contribution in [0.25, 0.3) is 0 Å². The van der Waals surface area contributed by atoms with Crippen molar-refractivity contribution in [1.82, 2.24) is 4.98 Å². The van der Waals surface area contributed by atoms with Crippen molar-refractivity contribution in [2.75, 3.05) is 0 Å². The maximum atomic E-state index is 12.3. The van der Waals surface area contributed by atoms with Crippen LogP contribution in [0.3, 0.4) is 0 Å². The molecule has 0 saturated carbocycles. The predicted octanol–water partition coefficient (Wildman–Crippen LogP) is 1.40. The molecule has 0 bridgehead atoms. The molecule has 3 rings (SSSR count). The van der Waals surface area contributed by atoms with E-state index in [0.717, 1.165) is 6.07 Å². The van der Waals surface area contributed by atoms with Crippen molar-refractivity contribution in [1.29, 1.82) is 5.26 Å².